The van der Waals surface area contributed by atoms with E-state index in [2.05, 4.69) is 26.8 Å². The van der Waals surface area contributed by atoms with E-state index in [-0.39, 0.29) is 0 Å². The van der Waals surface area contributed by atoms with Gasteiger partial charge in [-0.3, -0.25) is 0 Å². The summed E-state index contributed by atoms with van der Waals surface area (Å²) in [6.45, 7) is 6.75. The van der Waals surface area contributed by atoms with Crippen molar-refractivity contribution in [3.05, 3.63) is 34.4 Å². The highest BCUT2D eigenvalue weighted by atomic mass is 16.3. The Balaban J connectivity index is 3.04. The quantitative estimate of drug-likeness (QED) is 0.771. The first-order chi connectivity index (χ1) is 6.57. The second-order valence-corrected chi connectivity index (χ2v) is 3.81. The third-order valence-corrected chi connectivity index (χ3v) is 2.90. The Morgan fingerprint density at radius 2 is 1.86 bits per heavy atom. The first-order valence-electron chi connectivity index (χ1n) is 5.02. The molecule has 0 aliphatic heterocycles. The van der Waals surface area contributed by atoms with Crippen LogP contribution in [-0.2, 0) is 0 Å². The lowest BCUT2D eigenvalue weighted by molar-refractivity contribution is 0.169. The number of hydrogen-bond donors (Lipinski definition) is 2. The highest BCUT2D eigenvalue weighted by molar-refractivity contribution is 5.39. The summed E-state index contributed by atoms with van der Waals surface area (Å²) in [6.07, 6.45) is 0.211. The van der Waals surface area contributed by atoms with Crippen molar-refractivity contribution in [2.45, 2.75) is 33.3 Å². The van der Waals surface area contributed by atoms with Gasteiger partial charge in [0.05, 0.1) is 6.10 Å². The Kier molecular flexibility index (Phi) is 3.67. The summed E-state index contributed by atoms with van der Waals surface area (Å²) in [5.74, 6) is 0. The number of rotatable bonds is 3. The van der Waals surface area contributed by atoms with Crippen LogP contribution in [0.2, 0.25) is 0 Å². The largest absolute Gasteiger partial charge is 0.388 e. The molecule has 78 valence electrons. The molecule has 0 amide bonds. The smallest absolute Gasteiger partial charge is 0.0804 e. The van der Waals surface area contributed by atoms with Gasteiger partial charge in [-0.05, 0) is 56.0 Å². The van der Waals surface area contributed by atoms with Crippen LogP contribution in [0, 0.1) is 20.8 Å². The van der Waals surface area contributed by atoms with E-state index in [1.54, 1.807) is 0 Å². The molecule has 1 rings (SSSR count). The molecule has 1 unspecified atom stereocenters. The van der Waals surface area contributed by atoms with E-state index in [0.717, 1.165) is 5.56 Å². The summed E-state index contributed by atoms with van der Waals surface area (Å²) in [5.41, 5.74) is 10.2. The molecule has 0 bridgehead atoms. The maximum atomic E-state index is 9.84. The van der Waals surface area contributed by atoms with Gasteiger partial charge in [0.25, 0.3) is 0 Å². The molecular weight excluding hydrogens is 174 g/mol. The van der Waals surface area contributed by atoms with Crippen molar-refractivity contribution in [3.63, 3.8) is 0 Å². The highest BCUT2D eigenvalue weighted by Gasteiger charge is 2.11. The fourth-order valence-corrected chi connectivity index (χ4v) is 1.65. The van der Waals surface area contributed by atoms with Gasteiger partial charge >= 0.3 is 0 Å². The normalized spacial score (nSPS) is 12.9. The molecule has 0 spiro atoms. The van der Waals surface area contributed by atoms with E-state index in [4.69, 9.17) is 5.73 Å². The Morgan fingerprint density at radius 1 is 1.21 bits per heavy atom. The van der Waals surface area contributed by atoms with Gasteiger partial charge < -0.3 is 10.8 Å². The lowest BCUT2D eigenvalue weighted by Crippen LogP contribution is -2.08. The maximum absolute atomic E-state index is 9.84. The van der Waals surface area contributed by atoms with Crippen LogP contribution in [0.25, 0.3) is 0 Å². The lowest BCUT2D eigenvalue weighted by Gasteiger charge is -2.15. The molecule has 1 aromatic carbocycles. The van der Waals surface area contributed by atoms with Crippen LogP contribution >= 0.6 is 0 Å². The summed E-state index contributed by atoms with van der Waals surface area (Å²) < 4.78 is 0. The van der Waals surface area contributed by atoms with Crippen LogP contribution in [0.15, 0.2) is 12.1 Å². The molecule has 1 aromatic rings. The monoisotopic (exact) mass is 193 g/mol. The van der Waals surface area contributed by atoms with E-state index in [1.165, 1.54) is 16.7 Å². The average molecular weight is 193 g/mol. The maximum Gasteiger partial charge on any atom is 0.0804 e. The second-order valence-electron chi connectivity index (χ2n) is 3.81. The zero-order valence-electron chi connectivity index (χ0n) is 9.17. The molecule has 14 heavy (non-hydrogen) atoms. The highest BCUT2D eigenvalue weighted by Crippen LogP contribution is 2.24. The minimum atomic E-state index is -0.417. The predicted octanol–water partition coefficient (Wildman–Crippen LogP) is 1.99. The Labute approximate surface area is 85.8 Å². The molecule has 2 heteroatoms. The molecule has 1 atom stereocenters. The van der Waals surface area contributed by atoms with Crippen LogP contribution in [0.3, 0.4) is 0 Å². The van der Waals surface area contributed by atoms with Crippen LogP contribution < -0.4 is 5.73 Å². The van der Waals surface area contributed by atoms with Crippen molar-refractivity contribution in [1.82, 2.24) is 0 Å². The predicted molar refractivity (Wildman–Crippen MR) is 59.3 cm³/mol. The molecule has 2 nitrogen and oxygen atoms in total. The Hall–Kier alpha value is -0.860. The van der Waals surface area contributed by atoms with Crippen molar-refractivity contribution in [2.75, 3.05) is 6.54 Å². The van der Waals surface area contributed by atoms with Crippen LogP contribution in [0.1, 0.15) is 34.8 Å². The molecule has 0 heterocycles. The lowest BCUT2D eigenvalue weighted by atomic mass is 9.94. The molecular formula is C12H19NO. The van der Waals surface area contributed by atoms with E-state index < -0.39 is 6.10 Å². The number of aryl methyl sites for hydroxylation is 1. The molecule has 0 saturated carbocycles. The van der Waals surface area contributed by atoms with Gasteiger partial charge in [0.15, 0.2) is 0 Å². The van der Waals surface area contributed by atoms with Crippen LogP contribution in [0.5, 0.6) is 0 Å². The molecule has 0 aliphatic carbocycles. The van der Waals surface area contributed by atoms with Gasteiger partial charge in [-0.15, -0.1) is 0 Å². The summed E-state index contributed by atoms with van der Waals surface area (Å²) in [7, 11) is 0. The molecule has 0 saturated heterocycles. The zero-order chi connectivity index (χ0) is 10.7. The fraction of sp³-hybridized carbons (Fsp3) is 0.500. The van der Waals surface area contributed by atoms with Crippen molar-refractivity contribution < 1.29 is 5.11 Å². The van der Waals surface area contributed by atoms with E-state index in [1.807, 2.05) is 6.07 Å². The van der Waals surface area contributed by atoms with Crippen LogP contribution in [-0.4, -0.2) is 11.7 Å². The SMILES string of the molecule is Cc1ccc(C(O)CCN)c(C)c1C. The second kappa shape index (κ2) is 4.58. The fourth-order valence-electron chi connectivity index (χ4n) is 1.65. The summed E-state index contributed by atoms with van der Waals surface area (Å²) in [4.78, 5) is 0. The minimum Gasteiger partial charge on any atom is -0.388 e. The number of aliphatic hydroxyl groups excluding tert-OH is 1. The van der Waals surface area contributed by atoms with Crippen LogP contribution in [0.4, 0.5) is 0 Å². The number of aliphatic hydroxyl groups is 1. The van der Waals surface area contributed by atoms with Gasteiger partial charge in [-0.25, -0.2) is 0 Å². The number of benzene rings is 1. The van der Waals surface area contributed by atoms with Gasteiger partial charge in [0.1, 0.15) is 0 Å². The molecule has 0 aromatic heterocycles. The van der Waals surface area contributed by atoms with E-state index in [9.17, 15) is 5.11 Å². The van der Waals surface area contributed by atoms with E-state index in [0.29, 0.717) is 13.0 Å². The first-order valence-corrected chi connectivity index (χ1v) is 5.02. The summed E-state index contributed by atoms with van der Waals surface area (Å²) in [5, 5.41) is 9.84. The molecule has 0 radical (unpaired) electrons. The first kappa shape index (κ1) is 11.2. The third kappa shape index (κ3) is 2.14. The van der Waals surface area contributed by atoms with Gasteiger partial charge in [0, 0.05) is 0 Å². The van der Waals surface area contributed by atoms with E-state index >= 15 is 0 Å². The molecule has 0 fully saturated rings. The van der Waals surface area contributed by atoms with Gasteiger partial charge in [-0.1, -0.05) is 12.1 Å². The van der Waals surface area contributed by atoms with Crippen molar-refractivity contribution >= 4 is 0 Å². The zero-order valence-corrected chi connectivity index (χ0v) is 9.17. The Bertz CT molecular complexity index is 320. The van der Waals surface area contributed by atoms with Crippen molar-refractivity contribution in [3.8, 4) is 0 Å². The Morgan fingerprint density at radius 3 is 2.43 bits per heavy atom. The molecule has 3 N–H and O–H groups in total. The van der Waals surface area contributed by atoms with Crippen molar-refractivity contribution in [1.29, 1.82) is 0 Å². The minimum absolute atomic E-state index is 0.417. The molecule has 0 aliphatic rings. The van der Waals surface area contributed by atoms with Crippen molar-refractivity contribution in [2.24, 2.45) is 5.73 Å². The number of nitrogens with two attached hydrogens (primary N) is 1. The standard InChI is InChI=1S/C12H19NO/c1-8-4-5-11(10(3)9(8)2)12(14)6-7-13/h4-5,12,14H,6-7,13H2,1-3H3. The number of hydrogen-bond acceptors (Lipinski definition) is 2. The summed E-state index contributed by atoms with van der Waals surface area (Å²) >= 11 is 0. The topological polar surface area (TPSA) is 46.2 Å². The average Bonchev–Trinajstić information content (AvgIpc) is 2.15. The van der Waals surface area contributed by atoms with Gasteiger partial charge in [-0.2, -0.15) is 0 Å². The van der Waals surface area contributed by atoms with Gasteiger partial charge in [0.2, 0.25) is 0 Å². The summed E-state index contributed by atoms with van der Waals surface area (Å²) in [6, 6.07) is 4.05. The third-order valence-electron chi connectivity index (χ3n) is 2.90.